The van der Waals surface area contributed by atoms with Gasteiger partial charge >= 0.3 is 40.1 Å². The van der Waals surface area contributed by atoms with Crippen LogP contribution in [0.15, 0.2) is 109 Å². The number of hydrogen-bond acceptors (Lipinski definition) is 2. The predicted molar refractivity (Wildman–Crippen MR) is 116 cm³/mol. The van der Waals surface area contributed by atoms with E-state index < -0.39 is 0 Å². The Morgan fingerprint density at radius 2 is 1.23 bits per heavy atom. The van der Waals surface area contributed by atoms with Gasteiger partial charge in [-0.3, -0.25) is 4.79 Å². The van der Waals surface area contributed by atoms with Crippen molar-refractivity contribution in [3.8, 4) is 0 Å². The zero-order chi connectivity index (χ0) is 20.1. The summed E-state index contributed by atoms with van der Waals surface area (Å²) in [5.41, 5.74) is 2.37. The third-order valence-corrected chi connectivity index (χ3v) is 4.77. The first-order chi connectivity index (χ1) is 13.7. The molecule has 4 heteroatoms. The van der Waals surface area contributed by atoms with Gasteiger partial charge in [0.25, 0.3) is 0 Å². The van der Waals surface area contributed by atoms with Gasteiger partial charge in [0.2, 0.25) is 0 Å². The minimum atomic E-state index is -0.153. The van der Waals surface area contributed by atoms with Crippen molar-refractivity contribution in [1.82, 2.24) is 0 Å². The Bertz CT molecular complexity index is 732. The summed E-state index contributed by atoms with van der Waals surface area (Å²) in [6.45, 7) is 2.18. The van der Waals surface area contributed by atoms with Crippen LogP contribution in [-0.4, -0.2) is 13.1 Å². The number of carbonyl (C=O) groups is 1. The zero-order valence-electron chi connectivity index (χ0n) is 17.3. The van der Waals surface area contributed by atoms with Gasteiger partial charge in [-0.05, 0) is 11.8 Å². The average Bonchev–Trinajstić information content (AvgIpc) is 3.56. The number of ether oxygens (including phenoxy) is 1. The van der Waals surface area contributed by atoms with E-state index in [0.717, 1.165) is 6.42 Å². The van der Waals surface area contributed by atoms with Crippen molar-refractivity contribution in [1.29, 1.82) is 0 Å². The molecule has 30 heavy (non-hydrogen) atoms. The van der Waals surface area contributed by atoms with Crippen molar-refractivity contribution in [3.63, 3.8) is 0 Å². The summed E-state index contributed by atoms with van der Waals surface area (Å²) < 4.78 is 4.74. The van der Waals surface area contributed by atoms with Crippen LogP contribution < -0.4 is 0 Å². The van der Waals surface area contributed by atoms with E-state index in [4.69, 9.17) is 4.74 Å². The molecule has 0 aliphatic carbocycles. The first kappa shape index (κ1) is 27.9. The summed E-state index contributed by atoms with van der Waals surface area (Å²) in [5.74, 6) is -0.153. The summed E-state index contributed by atoms with van der Waals surface area (Å²) in [6.07, 6.45) is 1.19. The summed E-state index contributed by atoms with van der Waals surface area (Å²) >= 11 is 0. The van der Waals surface area contributed by atoms with E-state index in [1.807, 2.05) is 84.9 Å². The van der Waals surface area contributed by atoms with Gasteiger partial charge in [0.1, 0.15) is 0 Å². The smallest absolute Gasteiger partial charge is 0.469 e. The Balaban J connectivity index is 0.000000575. The second kappa shape index (κ2) is 15.7. The van der Waals surface area contributed by atoms with Gasteiger partial charge in [-0.15, -0.1) is 0 Å². The molecule has 2 nitrogen and oxygen atoms in total. The molecule has 0 saturated carbocycles. The van der Waals surface area contributed by atoms with Crippen molar-refractivity contribution in [3.05, 3.63) is 120 Å². The molecule has 0 atom stereocenters. The van der Waals surface area contributed by atoms with Crippen LogP contribution in [-0.2, 0) is 49.1 Å². The number of rotatable bonds is 5. The molecule has 0 aromatic heterocycles. The Morgan fingerprint density at radius 3 is 1.50 bits per heavy atom. The first-order valence-corrected chi connectivity index (χ1v) is 9.51. The molecule has 160 valence electrons. The molecule has 0 aliphatic rings. The Labute approximate surface area is 201 Å². The molecule has 0 saturated heterocycles. The normalized spacial score (nSPS) is 9.53. The second-order valence-electron chi connectivity index (χ2n) is 6.68. The fourth-order valence-corrected chi connectivity index (χ4v) is 3.03. The third-order valence-electron chi connectivity index (χ3n) is 4.77. The Morgan fingerprint density at radius 1 is 0.800 bits per heavy atom. The third kappa shape index (κ3) is 9.15. The van der Waals surface area contributed by atoms with Crippen molar-refractivity contribution in [2.45, 2.75) is 25.2 Å². The number of carbonyl (C=O) groups excluding carboxylic acids is 1. The number of hydrogen-bond donors (Lipinski definition) is 0. The minimum Gasteiger partial charge on any atom is -0.469 e. The van der Waals surface area contributed by atoms with Crippen LogP contribution in [0.25, 0.3) is 0 Å². The van der Waals surface area contributed by atoms with E-state index in [-0.39, 0.29) is 45.5 Å². The maximum atomic E-state index is 11.4. The van der Waals surface area contributed by atoms with E-state index in [2.05, 4.69) is 31.2 Å². The zero-order valence-corrected chi connectivity index (χ0v) is 19.5. The van der Waals surface area contributed by atoms with Crippen molar-refractivity contribution in [2.75, 3.05) is 7.11 Å². The molecule has 0 fully saturated rings. The van der Waals surface area contributed by atoms with Gasteiger partial charge in [-0.1, -0.05) is 6.92 Å². The number of esters is 1. The topological polar surface area (TPSA) is 26.3 Å². The summed E-state index contributed by atoms with van der Waals surface area (Å²) in [4.78, 5) is 11.4. The molecular formula is C26H28Fe2O2. The summed E-state index contributed by atoms with van der Waals surface area (Å²) in [5, 5.41) is 0. The average molecular weight is 484 g/mol. The molecule has 0 amide bonds. The standard InChI is InChI=1S/C16H18O2.2C5H5.2Fe/c1-16(12-11-15(17)18-2,13-7-3-4-8-13)14-9-5-6-10-14;2*1-2-4-5-3-1;;/h3-10H,11-12H2,1-2H3;2*1-5H;;/q-2;2*-1;2*+2. The maximum absolute atomic E-state index is 11.4. The van der Waals surface area contributed by atoms with E-state index >= 15 is 0 Å². The SMILES string of the molecule is COC(=O)CCC(C)(c1ccc[cH-]1)c1ccc[cH-]1.[Fe+2].[Fe+2].c1cc[cH-]c1.c1cc[cH-]c1. The fraction of sp³-hybridized carbons (Fsp3) is 0.192. The molecule has 0 aliphatic heterocycles. The molecule has 0 heterocycles. The van der Waals surface area contributed by atoms with Gasteiger partial charge in [0.05, 0.1) is 7.11 Å². The molecule has 4 rings (SSSR count). The molecular weight excluding hydrogens is 456 g/mol. The van der Waals surface area contributed by atoms with E-state index in [1.54, 1.807) is 0 Å². The van der Waals surface area contributed by atoms with Gasteiger partial charge in [0.15, 0.2) is 0 Å². The van der Waals surface area contributed by atoms with Gasteiger partial charge in [0, 0.05) is 6.42 Å². The summed E-state index contributed by atoms with van der Waals surface area (Å²) in [6, 6.07) is 36.6. The van der Waals surface area contributed by atoms with Gasteiger partial charge in [-0.2, -0.15) is 71.8 Å². The van der Waals surface area contributed by atoms with Crippen molar-refractivity contribution >= 4 is 5.97 Å². The molecule has 0 spiro atoms. The van der Waals surface area contributed by atoms with Crippen LogP contribution in [0.1, 0.15) is 30.9 Å². The predicted octanol–water partition coefficient (Wildman–Crippen LogP) is 6.19. The first-order valence-electron chi connectivity index (χ1n) is 9.51. The van der Waals surface area contributed by atoms with E-state index in [1.165, 1.54) is 18.2 Å². The number of methoxy groups -OCH3 is 1. The molecule has 0 radical (unpaired) electrons. The van der Waals surface area contributed by atoms with Crippen molar-refractivity contribution < 1.29 is 43.7 Å². The Hall–Kier alpha value is -2.09. The maximum Gasteiger partial charge on any atom is 2.00 e. The summed E-state index contributed by atoms with van der Waals surface area (Å²) in [7, 11) is 1.44. The molecule has 0 bridgehead atoms. The van der Waals surface area contributed by atoms with E-state index in [0.29, 0.717) is 6.42 Å². The molecule has 4 aromatic carbocycles. The molecule has 4 aromatic rings. The van der Waals surface area contributed by atoms with Crippen molar-refractivity contribution in [2.24, 2.45) is 0 Å². The second-order valence-corrected chi connectivity index (χ2v) is 6.68. The van der Waals surface area contributed by atoms with Crippen LogP contribution in [0, 0.1) is 0 Å². The quantitative estimate of drug-likeness (QED) is 0.192. The van der Waals surface area contributed by atoms with Crippen LogP contribution in [0.4, 0.5) is 0 Å². The van der Waals surface area contributed by atoms with Crippen LogP contribution in [0.3, 0.4) is 0 Å². The van der Waals surface area contributed by atoms with E-state index in [9.17, 15) is 4.79 Å². The van der Waals surface area contributed by atoms with Crippen LogP contribution in [0.2, 0.25) is 0 Å². The fourth-order valence-electron chi connectivity index (χ4n) is 3.03. The monoisotopic (exact) mass is 484 g/mol. The molecule has 0 unspecified atom stereocenters. The van der Waals surface area contributed by atoms with Gasteiger partial charge in [-0.25, -0.2) is 48.5 Å². The van der Waals surface area contributed by atoms with Crippen LogP contribution >= 0.6 is 0 Å². The minimum absolute atomic E-state index is 0. The molecule has 0 N–H and O–H groups in total. The Kier molecular flexibility index (Phi) is 14.6. The largest absolute Gasteiger partial charge is 2.00 e. The van der Waals surface area contributed by atoms with Gasteiger partial charge < -0.3 is 4.74 Å². The van der Waals surface area contributed by atoms with Crippen LogP contribution in [0.5, 0.6) is 0 Å².